The molecule has 4 aromatic heterocycles. The SMILES string of the molecule is Cc1cnc(-c2c[nH]c(=O)[nH]c2=O)s1.Cc1csc(-c2c[nH]c(=O)[nH]c2=O)n1. The van der Waals surface area contributed by atoms with E-state index in [1.165, 1.54) is 35.1 Å². The molecular formula is C16H14N6O4S2. The Morgan fingerprint density at radius 3 is 1.86 bits per heavy atom. The molecule has 0 radical (unpaired) electrons. The maximum atomic E-state index is 11.3. The lowest BCUT2D eigenvalue weighted by Gasteiger charge is -1.91. The van der Waals surface area contributed by atoms with Gasteiger partial charge in [-0.25, -0.2) is 19.6 Å². The number of rotatable bonds is 2. The predicted octanol–water partition coefficient (Wildman–Crippen LogP) is 0.990. The van der Waals surface area contributed by atoms with Crippen molar-refractivity contribution in [2.24, 2.45) is 0 Å². The van der Waals surface area contributed by atoms with Crippen LogP contribution in [0.4, 0.5) is 0 Å². The van der Waals surface area contributed by atoms with Crippen LogP contribution in [0.2, 0.25) is 0 Å². The van der Waals surface area contributed by atoms with Gasteiger partial charge < -0.3 is 9.97 Å². The Kier molecular flexibility index (Phi) is 5.61. The monoisotopic (exact) mass is 418 g/mol. The van der Waals surface area contributed by atoms with E-state index in [2.05, 4.69) is 29.9 Å². The van der Waals surface area contributed by atoms with Crippen molar-refractivity contribution in [1.82, 2.24) is 29.9 Å². The van der Waals surface area contributed by atoms with Crippen molar-refractivity contribution in [3.63, 3.8) is 0 Å². The molecule has 10 nitrogen and oxygen atoms in total. The van der Waals surface area contributed by atoms with Crippen LogP contribution in [0.5, 0.6) is 0 Å². The van der Waals surface area contributed by atoms with Crippen molar-refractivity contribution >= 4 is 22.7 Å². The first-order chi connectivity index (χ1) is 13.3. The summed E-state index contributed by atoms with van der Waals surface area (Å²) in [5.74, 6) is 0. The summed E-state index contributed by atoms with van der Waals surface area (Å²) in [6.07, 6.45) is 4.43. The van der Waals surface area contributed by atoms with Gasteiger partial charge in [0.05, 0.1) is 11.1 Å². The number of aromatic nitrogens is 6. The van der Waals surface area contributed by atoms with Gasteiger partial charge in [0.1, 0.15) is 10.0 Å². The third-order valence-corrected chi connectivity index (χ3v) is 5.28. The average Bonchev–Trinajstić information content (AvgIpc) is 3.24. The van der Waals surface area contributed by atoms with Gasteiger partial charge in [0, 0.05) is 34.5 Å². The molecule has 144 valence electrons. The number of nitrogens with zero attached hydrogens (tertiary/aromatic N) is 2. The van der Waals surface area contributed by atoms with Crippen LogP contribution in [0.3, 0.4) is 0 Å². The molecule has 0 fully saturated rings. The number of hydrogen-bond acceptors (Lipinski definition) is 8. The molecule has 4 N–H and O–H groups in total. The second-order valence-corrected chi connectivity index (χ2v) is 7.63. The summed E-state index contributed by atoms with van der Waals surface area (Å²) in [5.41, 5.74) is -0.203. The fourth-order valence-corrected chi connectivity index (χ4v) is 3.68. The molecule has 0 unspecified atom stereocenters. The molecule has 4 rings (SSSR count). The fraction of sp³-hybridized carbons (Fsp3) is 0.125. The molecule has 0 bridgehead atoms. The van der Waals surface area contributed by atoms with Gasteiger partial charge in [-0.15, -0.1) is 22.7 Å². The Labute approximate surface area is 164 Å². The molecule has 0 saturated heterocycles. The minimum Gasteiger partial charge on any atom is -0.313 e. The molecule has 0 atom stereocenters. The summed E-state index contributed by atoms with van der Waals surface area (Å²) in [4.78, 5) is 62.5. The van der Waals surface area contributed by atoms with Crippen LogP contribution in [0.1, 0.15) is 10.6 Å². The zero-order valence-corrected chi connectivity index (χ0v) is 16.3. The zero-order chi connectivity index (χ0) is 20.3. The smallest absolute Gasteiger partial charge is 0.313 e. The molecule has 0 aliphatic carbocycles. The number of hydrogen-bond donors (Lipinski definition) is 4. The number of nitrogens with one attached hydrogen (secondary N) is 4. The zero-order valence-electron chi connectivity index (χ0n) is 14.7. The van der Waals surface area contributed by atoms with Gasteiger partial charge in [-0.1, -0.05) is 0 Å². The van der Waals surface area contributed by atoms with Crippen molar-refractivity contribution in [2.75, 3.05) is 0 Å². The minimum absolute atomic E-state index is 0.391. The maximum absolute atomic E-state index is 11.3. The predicted molar refractivity (Wildman–Crippen MR) is 107 cm³/mol. The van der Waals surface area contributed by atoms with E-state index in [-0.39, 0.29) is 0 Å². The largest absolute Gasteiger partial charge is 0.325 e. The molecule has 0 aliphatic rings. The van der Waals surface area contributed by atoms with Gasteiger partial charge in [-0.05, 0) is 13.8 Å². The molecule has 0 aliphatic heterocycles. The van der Waals surface area contributed by atoms with Gasteiger partial charge >= 0.3 is 11.4 Å². The van der Waals surface area contributed by atoms with Crippen LogP contribution in [-0.4, -0.2) is 29.9 Å². The number of aryl methyl sites for hydroxylation is 2. The molecule has 0 amide bonds. The molecule has 0 spiro atoms. The quantitative estimate of drug-likeness (QED) is 0.380. The summed E-state index contributed by atoms with van der Waals surface area (Å²) in [6, 6.07) is 0. The second kappa shape index (κ2) is 8.10. The van der Waals surface area contributed by atoms with E-state index in [9.17, 15) is 19.2 Å². The van der Waals surface area contributed by atoms with Crippen LogP contribution < -0.4 is 22.5 Å². The number of H-pyrrole nitrogens is 4. The van der Waals surface area contributed by atoms with Crippen molar-refractivity contribution in [3.8, 4) is 21.1 Å². The third kappa shape index (κ3) is 4.47. The highest BCUT2D eigenvalue weighted by Crippen LogP contribution is 2.20. The van der Waals surface area contributed by atoms with Crippen molar-refractivity contribution in [3.05, 3.63) is 76.2 Å². The summed E-state index contributed by atoms with van der Waals surface area (Å²) in [5, 5.41) is 3.07. The van der Waals surface area contributed by atoms with E-state index in [4.69, 9.17) is 0 Å². The molecule has 12 heteroatoms. The van der Waals surface area contributed by atoms with E-state index < -0.39 is 22.5 Å². The van der Waals surface area contributed by atoms with Crippen LogP contribution in [0.15, 0.2) is 43.1 Å². The first-order valence-corrected chi connectivity index (χ1v) is 9.52. The van der Waals surface area contributed by atoms with Crippen molar-refractivity contribution in [1.29, 1.82) is 0 Å². The Morgan fingerprint density at radius 2 is 1.43 bits per heavy atom. The Morgan fingerprint density at radius 1 is 0.857 bits per heavy atom. The molecule has 4 heterocycles. The van der Waals surface area contributed by atoms with Crippen LogP contribution in [-0.2, 0) is 0 Å². The van der Waals surface area contributed by atoms with Gasteiger partial charge in [-0.2, -0.15) is 0 Å². The minimum atomic E-state index is -0.507. The molecular weight excluding hydrogens is 404 g/mol. The van der Waals surface area contributed by atoms with E-state index >= 15 is 0 Å². The lowest BCUT2D eigenvalue weighted by molar-refractivity contribution is 1.04. The second-order valence-electron chi connectivity index (χ2n) is 5.54. The van der Waals surface area contributed by atoms with Crippen LogP contribution >= 0.6 is 22.7 Å². The summed E-state index contributed by atoms with van der Waals surface area (Å²) >= 11 is 2.78. The van der Waals surface area contributed by atoms with E-state index in [1.807, 2.05) is 19.2 Å². The van der Waals surface area contributed by atoms with Gasteiger partial charge in [0.2, 0.25) is 0 Å². The third-order valence-electron chi connectivity index (χ3n) is 3.34. The van der Waals surface area contributed by atoms with E-state index in [0.717, 1.165) is 10.6 Å². The normalized spacial score (nSPS) is 10.4. The van der Waals surface area contributed by atoms with E-state index in [0.29, 0.717) is 21.1 Å². The molecule has 0 aromatic carbocycles. The molecule has 28 heavy (non-hydrogen) atoms. The lowest BCUT2D eigenvalue weighted by Crippen LogP contribution is -2.22. The Hall–Kier alpha value is -3.38. The maximum Gasteiger partial charge on any atom is 0.325 e. The molecule has 0 saturated carbocycles. The van der Waals surface area contributed by atoms with Crippen LogP contribution in [0, 0.1) is 13.8 Å². The summed E-state index contributed by atoms with van der Waals surface area (Å²) < 4.78 is 0. The Bertz CT molecular complexity index is 1240. The summed E-state index contributed by atoms with van der Waals surface area (Å²) in [6.45, 7) is 3.75. The first-order valence-electron chi connectivity index (χ1n) is 7.83. The van der Waals surface area contributed by atoms with Gasteiger partial charge in [0.15, 0.2) is 0 Å². The van der Waals surface area contributed by atoms with Crippen LogP contribution in [0.25, 0.3) is 21.1 Å². The van der Waals surface area contributed by atoms with Crippen molar-refractivity contribution in [2.45, 2.75) is 13.8 Å². The van der Waals surface area contributed by atoms with Crippen molar-refractivity contribution < 1.29 is 0 Å². The topological polar surface area (TPSA) is 157 Å². The molecule has 4 aromatic rings. The Balaban J connectivity index is 0.000000161. The summed E-state index contributed by atoms with van der Waals surface area (Å²) in [7, 11) is 0. The number of aromatic amines is 4. The highest BCUT2D eigenvalue weighted by molar-refractivity contribution is 7.15. The standard InChI is InChI=1S/2C8H7N3O2S/c1-4-3-14-7(10-4)5-2-9-8(13)11-6(5)12;1-4-2-9-7(14-4)5-3-10-8(13)11-6(5)12/h2-3H,1H3,(H2,9,11,12,13);2-3H,1H3,(H2,10,11,12,13). The fourth-order valence-electron chi connectivity index (χ4n) is 2.09. The van der Waals surface area contributed by atoms with E-state index in [1.54, 1.807) is 6.20 Å². The van der Waals surface area contributed by atoms with Gasteiger partial charge in [0.25, 0.3) is 11.1 Å². The first kappa shape index (κ1) is 19.4. The lowest BCUT2D eigenvalue weighted by atomic mass is 10.3. The highest BCUT2D eigenvalue weighted by atomic mass is 32.1. The van der Waals surface area contributed by atoms with Gasteiger partial charge in [-0.3, -0.25) is 19.6 Å². The number of thiazole rings is 2. The average molecular weight is 418 g/mol. The highest BCUT2D eigenvalue weighted by Gasteiger charge is 2.07.